The second-order valence-corrected chi connectivity index (χ2v) is 12.2. The van der Waals surface area contributed by atoms with Gasteiger partial charge in [0, 0.05) is 19.6 Å². The van der Waals surface area contributed by atoms with Crippen molar-refractivity contribution < 1.29 is 24.2 Å². The Balaban J connectivity index is 1.39. The van der Waals surface area contributed by atoms with Crippen LogP contribution in [-0.4, -0.2) is 67.3 Å². The Hall–Kier alpha value is -4.88. The lowest BCUT2D eigenvalue weighted by molar-refractivity contribution is -0.145. The molecule has 0 radical (unpaired) electrons. The molecule has 47 heavy (non-hydrogen) atoms. The number of piperidine rings is 1. The molecule has 0 saturated carbocycles. The Labute approximate surface area is 278 Å². The highest BCUT2D eigenvalue weighted by atomic mass is 16.6. The number of carbonyl (C=O) groups excluding carboxylic acids is 1. The van der Waals surface area contributed by atoms with Crippen molar-refractivity contribution in [3.05, 3.63) is 137 Å². The van der Waals surface area contributed by atoms with Crippen LogP contribution in [0.15, 0.2) is 109 Å². The van der Waals surface area contributed by atoms with Crippen LogP contribution in [0.1, 0.15) is 54.0 Å². The van der Waals surface area contributed by atoms with Gasteiger partial charge in [0.25, 0.3) is 0 Å². The topological polar surface area (TPSA) is 79.3 Å². The first-order valence-corrected chi connectivity index (χ1v) is 16.3. The summed E-state index contributed by atoms with van der Waals surface area (Å²) in [5.74, 6) is -0.0524. The summed E-state index contributed by atoms with van der Waals surface area (Å²) in [4.78, 5) is 29.3. The van der Waals surface area contributed by atoms with Crippen LogP contribution in [0.25, 0.3) is 11.1 Å². The fraction of sp³-hybridized carbons (Fsp3) is 0.300. The van der Waals surface area contributed by atoms with E-state index >= 15 is 0 Å². The number of benzene rings is 4. The van der Waals surface area contributed by atoms with E-state index in [0.717, 1.165) is 52.1 Å². The van der Waals surface area contributed by atoms with Gasteiger partial charge in [-0.3, -0.25) is 4.79 Å². The van der Waals surface area contributed by atoms with Gasteiger partial charge in [-0.2, -0.15) is 0 Å². The molecule has 7 heteroatoms. The lowest BCUT2D eigenvalue weighted by Gasteiger charge is -2.38. The second kappa shape index (κ2) is 15.6. The van der Waals surface area contributed by atoms with E-state index in [-0.39, 0.29) is 6.61 Å². The molecule has 4 aromatic carbocycles. The van der Waals surface area contributed by atoms with Gasteiger partial charge in [0.1, 0.15) is 19.0 Å². The molecule has 1 amide bonds. The molecule has 1 fully saturated rings. The largest absolute Gasteiger partial charge is 0.492 e. The Morgan fingerprint density at radius 3 is 1.91 bits per heavy atom. The maximum Gasteiger partial charge on any atom is 0.410 e. The monoisotopic (exact) mass is 632 g/mol. The van der Waals surface area contributed by atoms with Crippen molar-refractivity contribution >= 4 is 23.2 Å². The van der Waals surface area contributed by atoms with Crippen LogP contribution in [0.2, 0.25) is 0 Å². The number of hydrogen-bond donors (Lipinski definition) is 1. The van der Waals surface area contributed by atoms with Gasteiger partial charge in [-0.25, -0.2) is 4.79 Å². The number of carboxylic acid groups (broad SMARTS) is 1. The molecular weight excluding hydrogens is 588 g/mol. The summed E-state index contributed by atoms with van der Waals surface area (Å²) in [6.07, 6.45) is 1.02. The fourth-order valence-corrected chi connectivity index (χ4v) is 6.21. The van der Waals surface area contributed by atoms with E-state index in [9.17, 15) is 14.7 Å². The number of carbonyl (C=O) groups is 2. The first-order chi connectivity index (χ1) is 22.8. The summed E-state index contributed by atoms with van der Waals surface area (Å²) in [6, 6.07) is 36.1. The second-order valence-electron chi connectivity index (χ2n) is 12.2. The molecule has 0 unspecified atom stereocenters. The highest BCUT2D eigenvalue weighted by Gasteiger charge is 2.44. The van der Waals surface area contributed by atoms with Gasteiger partial charge >= 0.3 is 12.1 Å². The Morgan fingerprint density at radius 1 is 0.787 bits per heavy atom. The van der Waals surface area contributed by atoms with Crippen molar-refractivity contribution in [1.29, 1.82) is 0 Å². The predicted octanol–water partition coefficient (Wildman–Crippen LogP) is 7.75. The number of ether oxygens (including phenoxy) is 2. The average Bonchev–Trinajstić information content (AvgIpc) is 3.10. The minimum atomic E-state index is -1.09. The number of amides is 1. The summed E-state index contributed by atoms with van der Waals surface area (Å²) in [6.45, 7) is 4.41. The molecular formula is C40H44N2O5. The van der Waals surface area contributed by atoms with Gasteiger partial charge < -0.3 is 24.4 Å². The molecule has 4 aromatic rings. The lowest BCUT2D eigenvalue weighted by atomic mass is 9.72. The van der Waals surface area contributed by atoms with Gasteiger partial charge in [-0.15, -0.1) is 0 Å². The molecule has 1 N–H and O–H groups in total. The fourth-order valence-electron chi connectivity index (χ4n) is 6.21. The summed E-state index contributed by atoms with van der Waals surface area (Å²) in [7, 11) is 4.05. The average molecular weight is 633 g/mol. The Morgan fingerprint density at radius 2 is 1.36 bits per heavy atom. The van der Waals surface area contributed by atoms with E-state index in [1.807, 2.05) is 99.0 Å². The summed E-state index contributed by atoms with van der Waals surface area (Å²) in [5.41, 5.74) is 6.10. The number of likely N-dealkylation sites (tertiary alicyclic amines) is 1. The SMILES string of the molecule is CC/C(=C(\c1ccc(OCCN(C)C)cc1)c1ccc(C2(C(=O)O)CCN(C(=O)OCc3ccccc3)CC2)cc1)c1ccccc1. The van der Waals surface area contributed by atoms with Crippen molar-refractivity contribution in [1.82, 2.24) is 9.80 Å². The van der Waals surface area contributed by atoms with Crippen molar-refractivity contribution in [3.8, 4) is 5.75 Å². The van der Waals surface area contributed by atoms with E-state index in [4.69, 9.17) is 9.47 Å². The lowest BCUT2D eigenvalue weighted by Crippen LogP contribution is -2.49. The third kappa shape index (κ3) is 8.10. The van der Waals surface area contributed by atoms with Crippen LogP contribution in [0.3, 0.4) is 0 Å². The first-order valence-electron chi connectivity index (χ1n) is 16.3. The molecule has 5 rings (SSSR count). The zero-order chi connectivity index (χ0) is 33.2. The van der Waals surface area contributed by atoms with Crippen molar-refractivity contribution in [3.63, 3.8) is 0 Å². The van der Waals surface area contributed by atoms with Crippen molar-refractivity contribution in [2.75, 3.05) is 40.3 Å². The predicted molar refractivity (Wildman–Crippen MR) is 186 cm³/mol. The number of rotatable bonds is 12. The summed E-state index contributed by atoms with van der Waals surface area (Å²) >= 11 is 0. The quantitative estimate of drug-likeness (QED) is 0.161. The third-order valence-corrected chi connectivity index (χ3v) is 8.94. The smallest absolute Gasteiger partial charge is 0.410 e. The summed E-state index contributed by atoms with van der Waals surface area (Å²) < 4.78 is 11.5. The van der Waals surface area contributed by atoms with Crippen LogP contribution >= 0.6 is 0 Å². The highest BCUT2D eigenvalue weighted by Crippen LogP contribution is 2.39. The van der Waals surface area contributed by atoms with Crippen LogP contribution in [0.5, 0.6) is 5.75 Å². The molecule has 244 valence electrons. The Bertz CT molecular complexity index is 1640. The molecule has 0 spiro atoms. The van der Waals surface area contributed by atoms with Crippen molar-refractivity contribution in [2.45, 2.75) is 38.2 Å². The van der Waals surface area contributed by atoms with E-state index in [1.165, 1.54) is 5.57 Å². The van der Waals surface area contributed by atoms with Gasteiger partial charge in [-0.05, 0) is 84.5 Å². The minimum Gasteiger partial charge on any atom is -0.492 e. The number of carboxylic acids is 1. The number of nitrogens with zero attached hydrogens (tertiary/aromatic N) is 2. The van der Waals surface area contributed by atoms with Gasteiger partial charge in [-0.1, -0.05) is 104 Å². The molecule has 0 bridgehead atoms. The third-order valence-electron chi connectivity index (χ3n) is 8.94. The van der Waals surface area contributed by atoms with Crippen LogP contribution in [0.4, 0.5) is 4.79 Å². The van der Waals surface area contributed by atoms with E-state index in [1.54, 1.807) is 4.90 Å². The van der Waals surface area contributed by atoms with Gasteiger partial charge in [0.2, 0.25) is 0 Å². The molecule has 1 saturated heterocycles. The number of allylic oxidation sites excluding steroid dienone is 1. The molecule has 0 aliphatic carbocycles. The van der Waals surface area contributed by atoms with Crippen LogP contribution in [-0.2, 0) is 21.6 Å². The van der Waals surface area contributed by atoms with E-state index in [0.29, 0.717) is 32.5 Å². The van der Waals surface area contributed by atoms with Gasteiger partial charge in [0.15, 0.2) is 0 Å². The normalized spacial score (nSPS) is 14.8. The molecule has 1 heterocycles. The molecule has 0 aromatic heterocycles. The molecule has 1 aliphatic heterocycles. The first kappa shape index (κ1) is 33.5. The van der Waals surface area contributed by atoms with E-state index < -0.39 is 17.5 Å². The Kier molecular flexibility index (Phi) is 11.1. The van der Waals surface area contributed by atoms with Crippen LogP contribution < -0.4 is 4.74 Å². The zero-order valence-corrected chi connectivity index (χ0v) is 27.5. The summed E-state index contributed by atoms with van der Waals surface area (Å²) in [5, 5.41) is 10.5. The molecule has 0 atom stereocenters. The number of likely N-dealkylation sites (N-methyl/N-ethyl adjacent to an activating group) is 1. The van der Waals surface area contributed by atoms with E-state index in [2.05, 4.69) is 36.1 Å². The molecule has 1 aliphatic rings. The number of hydrogen-bond acceptors (Lipinski definition) is 5. The zero-order valence-electron chi connectivity index (χ0n) is 27.5. The minimum absolute atomic E-state index is 0.187. The maximum absolute atomic E-state index is 12.8. The van der Waals surface area contributed by atoms with Gasteiger partial charge in [0.05, 0.1) is 5.41 Å². The maximum atomic E-state index is 12.8. The number of aliphatic carboxylic acids is 1. The standard InChI is InChI=1S/C40H44N2O5/c1-4-36(31-13-9-6-10-14-31)37(33-17-21-35(22-18-33)46-28-27-41(2)3)32-15-19-34(20-16-32)40(38(43)44)23-25-42(26-24-40)39(45)47-29-30-11-7-5-8-12-30/h5-22H,4,23-29H2,1-3H3,(H,43,44)/b37-36+. The van der Waals surface area contributed by atoms with Crippen LogP contribution in [0, 0.1) is 0 Å². The van der Waals surface area contributed by atoms with Crippen molar-refractivity contribution in [2.24, 2.45) is 0 Å². The molecule has 7 nitrogen and oxygen atoms in total. The highest BCUT2D eigenvalue weighted by molar-refractivity contribution is 5.98.